The predicted molar refractivity (Wildman–Crippen MR) is 83.0 cm³/mol. The molecule has 1 aromatic carbocycles. The lowest BCUT2D eigenvalue weighted by Gasteiger charge is -2.23. The number of hydrogen-bond donors (Lipinski definition) is 1. The Morgan fingerprint density at radius 3 is 2.47 bits per heavy atom. The van der Waals surface area contributed by atoms with Crippen LogP contribution in [-0.2, 0) is 5.41 Å². The van der Waals surface area contributed by atoms with Crippen LogP contribution in [-0.4, -0.2) is 19.7 Å². The van der Waals surface area contributed by atoms with Crippen molar-refractivity contribution in [3.8, 4) is 5.75 Å². The van der Waals surface area contributed by atoms with Crippen molar-refractivity contribution < 1.29 is 4.74 Å². The first-order valence-electron chi connectivity index (χ1n) is 7.38. The molecule has 1 unspecified atom stereocenters. The number of ether oxygens (including phenoxy) is 1. The van der Waals surface area contributed by atoms with Crippen molar-refractivity contribution in [2.75, 3.05) is 13.7 Å². The van der Waals surface area contributed by atoms with Gasteiger partial charge in [0, 0.05) is 6.04 Å². The van der Waals surface area contributed by atoms with E-state index in [-0.39, 0.29) is 5.41 Å². The summed E-state index contributed by atoms with van der Waals surface area (Å²) in [6.45, 7) is 9.69. The second-order valence-corrected chi connectivity index (χ2v) is 6.13. The Morgan fingerprint density at radius 1 is 1.21 bits per heavy atom. The van der Waals surface area contributed by atoms with Crippen molar-refractivity contribution in [3.63, 3.8) is 0 Å². The largest absolute Gasteiger partial charge is 0.493 e. The van der Waals surface area contributed by atoms with Gasteiger partial charge in [-0.3, -0.25) is 0 Å². The van der Waals surface area contributed by atoms with Crippen LogP contribution in [0.5, 0.6) is 5.75 Å². The molecule has 0 heterocycles. The fourth-order valence-corrected chi connectivity index (χ4v) is 2.28. The smallest absolute Gasteiger partial charge is 0.123 e. The van der Waals surface area contributed by atoms with Crippen LogP contribution in [0.1, 0.15) is 52.5 Å². The van der Waals surface area contributed by atoms with Crippen molar-refractivity contribution in [3.05, 3.63) is 29.8 Å². The number of rotatable bonds is 7. The molecule has 0 aromatic heterocycles. The zero-order valence-corrected chi connectivity index (χ0v) is 13.1. The van der Waals surface area contributed by atoms with Crippen molar-refractivity contribution in [1.82, 2.24) is 5.32 Å². The topological polar surface area (TPSA) is 21.3 Å². The van der Waals surface area contributed by atoms with E-state index < -0.39 is 0 Å². The lowest BCUT2D eigenvalue weighted by Crippen LogP contribution is -2.24. The Kier molecular flexibility index (Phi) is 6.36. The maximum atomic E-state index is 5.98. The molecule has 1 aromatic rings. The quantitative estimate of drug-likeness (QED) is 0.746. The predicted octanol–water partition coefficient (Wildman–Crippen LogP) is 4.14. The zero-order chi connectivity index (χ0) is 14.3. The molecule has 0 saturated carbocycles. The zero-order valence-electron chi connectivity index (χ0n) is 13.1. The van der Waals surface area contributed by atoms with Crippen LogP contribution < -0.4 is 10.1 Å². The second kappa shape index (κ2) is 7.54. The minimum atomic E-state index is 0.132. The summed E-state index contributed by atoms with van der Waals surface area (Å²) in [5.41, 5.74) is 1.42. The molecule has 2 heteroatoms. The highest BCUT2D eigenvalue weighted by molar-refractivity contribution is 5.38. The highest BCUT2D eigenvalue weighted by Gasteiger charge is 2.18. The summed E-state index contributed by atoms with van der Waals surface area (Å²) in [7, 11) is 2.03. The molecule has 0 saturated heterocycles. The third kappa shape index (κ3) is 5.23. The molecule has 0 amide bonds. The van der Waals surface area contributed by atoms with Gasteiger partial charge in [-0.25, -0.2) is 0 Å². The van der Waals surface area contributed by atoms with Gasteiger partial charge in [-0.1, -0.05) is 45.9 Å². The van der Waals surface area contributed by atoms with Gasteiger partial charge in [0.2, 0.25) is 0 Å². The van der Waals surface area contributed by atoms with E-state index in [2.05, 4.69) is 51.2 Å². The first kappa shape index (κ1) is 16.0. The van der Waals surface area contributed by atoms with Crippen LogP contribution in [0.2, 0.25) is 0 Å². The molecular weight excluding hydrogens is 234 g/mol. The fourth-order valence-electron chi connectivity index (χ4n) is 2.28. The molecule has 0 aliphatic carbocycles. The summed E-state index contributed by atoms with van der Waals surface area (Å²) < 4.78 is 5.98. The summed E-state index contributed by atoms with van der Waals surface area (Å²) in [6.07, 6.45) is 3.44. The Labute approximate surface area is 118 Å². The first-order valence-corrected chi connectivity index (χ1v) is 7.38. The SMILES string of the molecule is CCC(CCCOc1ccccc1C(C)(C)C)NC. The van der Waals surface area contributed by atoms with Crippen molar-refractivity contribution in [2.24, 2.45) is 0 Å². The number of hydrogen-bond acceptors (Lipinski definition) is 2. The monoisotopic (exact) mass is 263 g/mol. The average molecular weight is 263 g/mol. The fraction of sp³-hybridized carbons (Fsp3) is 0.647. The van der Waals surface area contributed by atoms with E-state index in [4.69, 9.17) is 4.74 Å². The Morgan fingerprint density at radius 2 is 1.89 bits per heavy atom. The molecule has 1 N–H and O–H groups in total. The Balaban J connectivity index is 2.50. The van der Waals surface area contributed by atoms with Gasteiger partial charge in [-0.05, 0) is 43.4 Å². The maximum absolute atomic E-state index is 5.98. The summed E-state index contributed by atoms with van der Waals surface area (Å²) in [5.74, 6) is 1.03. The van der Waals surface area contributed by atoms with Gasteiger partial charge in [0.15, 0.2) is 0 Å². The van der Waals surface area contributed by atoms with Gasteiger partial charge in [-0.2, -0.15) is 0 Å². The molecule has 0 fully saturated rings. The number of para-hydroxylation sites is 1. The van der Waals surface area contributed by atoms with E-state index >= 15 is 0 Å². The van der Waals surface area contributed by atoms with E-state index in [1.165, 1.54) is 18.4 Å². The molecule has 19 heavy (non-hydrogen) atoms. The highest BCUT2D eigenvalue weighted by Crippen LogP contribution is 2.30. The average Bonchev–Trinajstić information content (AvgIpc) is 2.38. The summed E-state index contributed by atoms with van der Waals surface area (Å²) in [6, 6.07) is 8.99. The van der Waals surface area contributed by atoms with E-state index in [0.717, 1.165) is 18.8 Å². The Hall–Kier alpha value is -1.02. The van der Waals surface area contributed by atoms with E-state index in [9.17, 15) is 0 Å². The van der Waals surface area contributed by atoms with Crippen molar-refractivity contribution >= 4 is 0 Å². The molecule has 0 aliphatic heterocycles. The minimum Gasteiger partial charge on any atom is -0.493 e. The molecule has 0 aliphatic rings. The lowest BCUT2D eigenvalue weighted by atomic mass is 9.86. The molecule has 0 spiro atoms. The maximum Gasteiger partial charge on any atom is 0.123 e. The molecular formula is C17H29NO. The van der Waals surface area contributed by atoms with E-state index in [1.54, 1.807) is 0 Å². The van der Waals surface area contributed by atoms with E-state index in [1.807, 2.05) is 13.1 Å². The van der Waals surface area contributed by atoms with Crippen LogP contribution in [0.4, 0.5) is 0 Å². The van der Waals surface area contributed by atoms with Crippen molar-refractivity contribution in [1.29, 1.82) is 0 Å². The van der Waals surface area contributed by atoms with Crippen LogP contribution in [0.25, 0.3) is 0 Å². The number of nitrogens with one attached hydrogen (secondary N) is 1. The molecule has 0 radical (unpaired) electrons. The summed E-state index contributed by atoms with van der Waals surface area (Å²) in [5, 5.41) is 3.33. The van der Waals surface area contributed by atoms with Crippen LogP contribution >= 0.6 is 0 Å². The van der Waals surface area contributed by atoms with Crippen LogP contribution in [0.15, 0.2) is 24.3 Å². The number of benzene rings is 1. The van der Waals surface area contributed by atoms with Gasteiger partial charge in [-0.15, -0.1) is 0 Å². The van der Waals surface area contributed by atoms with E-state index in [0.29, 0.717) is 6.04 Å². The molecule has 2 nitrogen and oxygen atoms in total. The standard InChI is InChI=1S/C17H29NO/c1-6-14(18-5)10-9-13-19-16-12-8-7-11-15(16)17(2,3)4/h7-8,11-12,14,18H,6,9-10,13H2,1-5H3. The highest BCUT2D eigenvalue weighted by atomic mass is 16.5. The van der Waals surface area contributed by atoms with Gasteiger partial charge >= 0.3 is 0 Å². The Bertz CT molecular complexity index is 364. The van der Waals surface area contributed by atoms with Gasteiger partial charge in [0.1, 0.15) is 5.75 Å². The normalized spacial score (nSPS) is 13.3. The third-order valence-electron chi connectivity index (χ3n) is 3.55. The van der Waals surface area contributed by atoms with Gasteiger partial charge in [0.25, 0.3) is 0 Å². The van der Waals surface area contributed by atoms with Crippen LogP contribution in [0, 0.1) is 0 Å². The van der Waals surface area contributed by atoms with Crippen molar-refractivity contribution in [2.45, 2.75) is 58.4 Å². The molecule has 108 valence electrons. The minimum absolute atomic E-state index is 0.132. The first-order chi connectivity index (χ1) is 8.99. The molecule has 0 bridgehead atoms. The third-order valence-corrected chi connectivity index (χ3v) is 3.55. The second-order valence-electron chi connectivity index (χ2n) is 6.13. The molecule has 1 rings (SSSR count). The molecule has 1 atom stereocenters. The lowest BCUT2D eigenvalue weighted by molar-refractivity contribution is 0.289. The summed E-state index contributed by atoms with van der Waals surface area (Å²) >= 11 is 0. The van der Waals surface area contributed by atoms with Gasteiger partial charge in [0.05, 0.1) is 6.61 Å². The van der Waals surface area contributed by atoms with Gasteiger partial charge < -0.3 is 10.1 Å². The summed E-state index contributed by atoms with van der Waals surface area (Å²) in [4.78, 5) is 0. The van der Waals surface area contributed by atoms with Crippen LogP contribution in [0.3, 0.4) is 0 Å².